The highest BCUT2D eigenvalue weighted by molar-refractivity contribution is 7.92. The van der Waals surface area contributed by atoms with Gasteiger partial charge in [0.25, 0.3) is 0 Å². The van der Waals surface area contributed by atoms with Crippen molar-refractivity contribution < 1.29 is 22.9 Å². The molecule has 2 amide bonds. The number of fused-ring (bicyclic) bond motifs is 3. The van der Waals surface area contributed by atoms with E-state index in [0.717, 1.165) is 58.2 Å². The number of hydrogen-bond acceptors (Lipinski definition) is 5. The van der Waals surface area contributed by atoms with Gasteiger partial charge in [-0.2, -0.15) is 5.10 Å². The number of anilines is 1. The monoisotopic (exact) mass is 691 g/mol. The molecule has 2 heterocycles. The predicted octanol–water partition coefficient (Wildman–Crippen LogP) is 6.77. The number of nitrogens with one attached hydrogen (secondary N) is 2. The highest BCUT2D eigenvalue weighted by atomic mass is 32.2. The summed E-state index contributed by atoms with van der Waals surface area (Å²) in [6.45, 7) is 0.690. The van der Waals surface area contributed by atoms with E-state index in [1.165, 1.54) is 6.20 Å². The molecule has 0 spiro atoms. The average molecular weight is 692 g/mol. The Hall–Kier alpha value is -4.84. The summed E-state index contributed by atoms with van der Waals surface area (Å²) in [7, 11) is -2.32. The van der Waals surface area contributed by atoms with Gasteiger partial charge in [0.05, 0.1) is 19.3 Å². The van der Waals surface area contributed by atoms with Crippen molar-refractivity contribution in [2.75, 3.05) is 19.0 Å². The van der Waals surface area contributed by atoms with Gasteiger partial charge in [0.15, 0.2) is 9.92 Å². The third kappa shape index (κ3) is 5.69. The van der Waals surface area contributed by atoms with Gasteiger partial charge in [-0.3, -0.25) is 0 Å². The van der Waals surface area contributed by atoms with Crippen LogP contribution in [0.3, 0.4) is 0 Å². The lowest BCUT2D eigenvalue weighted by Gasteiger charge is -2.37. The first-order valence-electron chi connectivity index (χ1n) is 16.9. The van der Waals surface area contributed by atoms with Crippen LogP contribution in [-0.4, -0.2) is 46.0 Å². The first kappa shape index (κ1) is 32.4. The molecule has 3 atom stereocenters. The van der Waals surface area contributed by atoms with Crippen LogP contribution in [0.2, 0.25) is 0 Å². The molecule has 9 nitrogen and oxygen atoms in total. The molecule has 3 aliphatic rings. The molecule has 5 aromatic rings. The molecule has 11 heteroatoms. The van der Waals surface area contributed by atoms with Gasteiger partial charge in [0.2, 0.25) is 5.88 Å². The number of amides is 2. The third-order valence-electron chi connectivity index (χ3n) is 9.89. The molecule has 8 rings (SSSR count). The van der Waals surface area contributed by atoms with Crippen molar-refractivity contribution in [2.45, 2.75) is 61.4 Å². The summed E-state index contributed by atoms with van der Waals surface area (Å²) >= 11 is 0. The van der Waals surface area contributed by atoms with E-state index in [9.17, 15) is 9.18 Å². The van der Waals surface area contributed by atoms with Gasteiger partial charge >= 0.3 is 6.03 Å². The van der Waals surface area contributed by atoms with Crippen LogP contribution < -0.4 is 14.8 Å². The van der Waals surface area contributed by atoms with Crippen LogP contribution in [0.1, 0.15) is 45.4 Å². The van der Waals surface area contributed by atoms with Crippen molar-refractivity contribution in [3.8, 4) is 5.88 Å². The van der Waals surface area contributed by atoms with Gasteiger partial charge < -0.3 is 14.8 Å². The molecule has 256 valence electrons. The van der Waals surface area contributed by atoms with Gasteiger partial charge in [-0.05, 0) is 58.2 Å². The second kappa shape index (κ2) is 13.1. The van der Waals surface area contributed by atoms with Gasteiger partial charge in [-0.15, -0.1) is 4.36 Å². The molecule has 1 aliphatic heterocycles. The lowest BCUT2D eigenvalue weighted by Crippen LogP contribution is -2.48. The van der Waals surface area contributed by atoms with Crippen molar-refractivity contribution in [3.63, 3.8) is 0 Å². The quantitative estimate of drug-likeness (QED) is 0.166. The van der Waals surface area contributed by atoms with Crippen molar-refractivity contribution in [1.82, 2.24) is 14.5 Å². The molecule has 1 aromatic heterocycles. The minimum absolute atomic E-state index is 0.144. The highest BCUT2D eigenvalue weighted by Crippen LogP contribution is 2.42. The Kier molecular flexibility index (Phi) is 8.50. The second-order valence-corrected chi connectivity index (χ2v) is 15.0. The number of nitrogens with zero attached hydrogens (tertiary/aromatic N) is 3. The minimum Gasteiger partial charge on any atom is -0.469 e. The van der Waals surface area contributed by atoms with Crippen molar-refractivity contribution in [1.29, 1.82) is 0 Å². The zero-order valence-electron chi connectivity index (χ0n) is 27.7. The molecular weight excluding hydrogens is 654 g/mol. The smallest absolute Gasteiger partial charge is 0.354 e. The van der Waals surface area contributed by atoms with Crippen LogP contribution in [-0.2, 0) is 52.4 Å². The Bertz CT molecular complexity index is 2070. The minimum atomic E-state index is -3.91. The molecule has 2 N–H and O–H groups in total. The standard InChI is InChI=1S/C39H38FN5O4S/c1-48-25-32-24-45-37(49-32)35(23-41-45)50(47,43-38(46)42-36-33-19-11-12-26(33)20-27-21-31(40)22-34(27)36)44-39(28-13-5-2-6-14-28,29-15-7-3-8-16-29)30-17-9-4-10-18-30/h2-10,13-18,20,23,31-32H,11-12,19,21-22,24-25H2,1H3,(H2,42,43,44,46,47)/t31-,32-,50-/m1/s1. The molecule has 0 saturated carbocycles. The van der Waals surface area contributed by atoms with E-state index in [4.69, 9.17) is 9.47 Å². The number of benzene rings is 4. The summed E-state index contributed by atoms with van der Waals surface area (Å²) in [5.41, 5.74) is 5.55. The van der Waals surface area contributed by atoms with Gasteiger partial charge in [0.1, 0.15) is 22.7 Å². The first-order valence-corrected chi connectivity index (χ1v) is 18.4. The largest absolute Gasteiger partial charge is 0.469 e. The number of methoxy groups -OCH3 is 1. The Labute approximate surface area is 291 Å². The van der Waals surface area contributed by atoms with Gasteiger partial charge in [-0.25, -0.2) is 22.8 Å². The van der Waals surface area contributed by atoms with E-state index < -0.39 is 27.7 Å². The van der Waals surface area contributed by atoms with Crippen LogP contribution in [0.15, 0.2) is 113 Å². The van der Waals surface area contributed by atoms with E-state index in [0.29, 0.717) is 25.3 Å². The highest BCUT2D eigenvalue weighted by Gasteiger charge is 2.43. The zero-order valence-corrected chi connectivity index (χ0v) is 28.5. The second-order valence-electron chi connectivity index (χ2n) is 13.1. The summed E-state index contributed by atoms with van der Waals surface area (Å²) < 4.78 is 51.9. The maximum absolute atomic E-state index is 16.0. The number of carbonyl (C=O) groups is 1. The van der Waals surface area contributed by atoms with Crippen molar-refractivity contribution in [3.05, 3.63) is 142 Å². The molecule has 0 unspecified atom stereocenters. The molecule has 0 bridgehead atoms. The summed E-state index contributed by atoms with van der Waals surface area (Å²) in [4.78, 5) is 14.4. The maximum Gasteiger partial charge on any atom is 0.354 e. The normalized spacial score (nSPS) is 18.8. The summed E-state index contributed by atoms with van der Waals surface area (Å²) in [6, 6.07) is 30.4. The predicted molar refractivity (Wildman–Crippen MR) is 189 cm³/mol. The Morgan fingerprint density at radius 2 is 1.60 bits per heavy atom. The number of halogens is 1. The number of aromatic nitrogens is 2. The Balaban J connectivity index is 1.32. The number of ether oxygens (including phenoxy) is 2. The fourth-order valence-corrected chi connectivity index (χ4v) is 9.61. The number of carbonyl (C=O) groups excluding carboxylic acids is 1. The van der Waals surface area contributed by atoms with Crippen LogP contribution in [0.4, 0.5) is 14.9 Å². The fraction of sp³-hybridized carbons (Fsp3) is 0.282. The number of aryl methyl sites for hydroxylation is 1. The maximum atomic E-state index is 16.0. The van der Waals surface area contributed by atoms with Crippen molar-refractivity contribution in [2.24, 2.45) is 4.36 Å². The summed E-state index contributed by atoms with van der Waals surface area (Å²) in [5, 5.41) is 7.52. The molecule has 4 aromatic carbocycles. The van der Waals surface area contributed by atoms with E-state index in [2.05, 4.69) is 25.6 Å². The lowest BCUT2D eigenvalue weighted by atomic mass is 9.78. The van der Waals surface area contributed by atoms with E-state index in [1.807, 2.05) is 91.0 Å². The molecule has 2 aliphatic carbocycles. The molecule has 0 fully saturated rings. The van der Waals surface area contributed by atoms with E-state index in [-0.39, 0.29) is 23.3 Å². The van der Waals surface area contributed by atoms with Crippen LogP contribution >= 0.6 is 0 Å². The van der Waals surface area contributed by atoms with E-state index >= 15 is 4.21 Å². The third-order valence-corrected chi connectivity index (χ3v) is 11.8. The van der Waals surface area contributed by atoms with Crippen molar-refractivity contribution >= 4 is 21.6 Å². The summed E-state index contributed by atoms with van der Waals surface area (Å²) in [6.07, 6.45) is 3.22. The van der Waals surface area contributed by atoms with Gasteiger partial charge in [-0.1, -0.05) is 97.1 Å². The summed E-state index contributed by atoms with van der Waals surface area (Å²) in [5.74, 6) is 0.256. The molecule has 0 saturated heterocycles. The van der Waals surface area contributed by atoms with Crippen LogP contribution in [0.25, 0.3) is 0 Å². The van der Waals surface area contributed by atoms with Crippen LogP contribution in [0, 0.1) is 0 Å². The lowest BCUT2D eigenvalue weighted by molar-refractivity contribution is 0.0920. The van der Waals surface area contributed by atoms with Gasteiger partial charge in [0, 0.05) is 25.6 Å². The number of urea groups is 1. The van der Waals surface area contributed by atoms with Crippen LogP contribution in [0.5, 0.6) is 5.88 Å². The SMILES string of the molecule is COC[C@H]1Cn2ncc([S@@](=O)(=NC(=O)Nc3c4c(cc5c3C[C@H](F)C5)CCC4)NC(c3ccccc3)(c3ccccc3)c3ccccc3)c2O1. The Morgan fingerprint density at radius 3 is 2.22 bits per heavy atom. The Morgan fingerprint density at radius 1 is 0.960 bits per heavy atom. The molecule has 0 radical (unpaired) electrons. The zero-order chi connectivity index (χ0) is 34.3. The fourth-order valence-electron chi connectivity index (χ4n) is 7.73. The topological polar surface area (TPSA) is 107 Å². The number of rotatable bonds is 9. The van der Waals surface area contributed by atoms with E-state index in [1.54, 1.807) is 11.8 Å². The number of hydrogen-bond donors (Lipinski definition) is 2. The number of alkyl halides is 1. The molecular formula is C39H38FN5O4S. The molecule has 50 heavy (non-hydrogen) atoms. The average Bonchev–Trinajstić information content (AvgIpc) is 3.93. The first-order chi connectivity index (χ1) is 24.4.